The van der Waals surface area contributed by atoms with Gasteiger partial charge in [0.2, 0.25) is 0 Å². The van der Waals surface area contributed by atoms with E-state index in [-0.39, 0.29) is 0 Å². The third-order valence-corrected chi connectivity index (χ3v) is 1.03. The SMILES string of the molecule is CCC.CCC.Cc1ccc(O)cc1.OP(O)(O)=S.OP(O)(O)=S. The van der Waals surface area contributed by atoms with Crippen molar-refractivity contribution in [3.05, 3.63) is 29.8 Å². The highest BCUT2D eigenvalue weighted by atomic mass is 32.5. The van der Waals surface area contributed by atoms with Crippen molar-refractivity contribution < 1.29 is 34.5 Å². The Morgan fingerprint density at radius 3 is 1.00 bits per heavy atom. The van der Waals surface area contributed by atoms with E-state index in [9.17, 15) is 0 Å². The van der Waals surface area contributed by atoms with Crippen molar-refractivity contribution >= 4 is 37.1 Å². The normalized spacial score (nSPS) is 9.46. The molecule has 0 aliphatic carbocycles. The molecule has 0 spiro atoms. The maximum Gasteiger partial charge on any atom is 0.319 e. The molecule has 24 heavy (non-hydrogen) atoms. The maximum atomic E-state index is 8.76. The number of aryl methyl sites for hydroxylation is 1. The molecule has 0 heterocycles. The molecule has 0 aliphatic rings. The summed E-state index contributed by atoms with van der Waals surface area (Å²) in [6.45, 7) is 2.87. The van der Waals surface area contributed by atoms with Crippen LogP contribution < -0.4 is 0 Å². The molecule has 146 valence electrons. The predicted octanol–water partition coefficient (Wildman–Crippen LogP) is 2.91. The summed E-state index contributed by atoms with van der Waals surface area (Å²) in [5, 5.41) is 8.76. The number of hydrogen-bond donors (Lipinski definition) is 7. The predicted molar refractivity (Wildman–Crippen MR) is 107 cm³/mol. The van der Waals surface area contributed by atoms with Crippen LogP contribution in [-0.4, -0.2) is 34.5 Å². The number of aromatic hydroxyl groups is 1. The average Bonchev–Trinajstić information content (AvgIpc) is 2.31. The number of phenolic OH excluding ortho intramolecular Hbond substituents is 1. The molecule has 1 aromatic carbocycles. The molecule has 0 unspecified atom stereocenters. The molecule has 0 amide bonds. The van der Waals surface area contributed by atoms with E-state index in [4.69, 9.17) is 34.5 Å². The topological polar surface area (TPSA) is 142 Å². The quantitative estimate of drug-likeness (QED) is 0.313. The van der Waals surface area contributed by atoms with Gasteiger partial charge in [0.15, 0.2) is 0 Å². The third-order valence-electron chi connectivity index (χ3n) is 1.03. The summed E-state index contributed by atoms with van der Waals surface area (Å²) in [4.78, 5) is 45.3. The molecule has 7 nitrogen and oxygen atoms in total. The molecule has 0 fully saturated rings. The van der Waals surface area contributed by atoms with Crippen LogP contribution in [0.1, 0.15) is 46.1 Å². The van der Waals surface area contributed by atoms with Gasteiger partial charge >= 0.3 is 13.4 Å². The standard InChI is InChI=1S/C7H8O.2C3H8.2H3O3PS/c1-6-2-4-7(8)5-3-6;2*1-3-2;2*1-4(2,3)5/h2-5,8H,1H3;2*3H2,1-2H3;2*(H3,1,2,3,5). The van der Waals surface area contributed by atoms with Gasteiger partial charge in [-0.25, -0.2) is 0 Å². The van der Waals surface area contributed by atoms with Crippen LogP contribution in [0.15, 0.2) is 24.3 Å². The van der Waals surface area contributed by atoms with Gasteiger partial charge in [0, 0.05) is 0 Å². The van der Waals surface area contributed by atoms with Gasteiger partial charge in [0.25, 0.3) is 0 Å². The first-order valence-electron chi connectivity index (χ1n) is 6.94. The number of phenols is 1. The van der Waals surface area contributed by atoms with E-state index >= 15 is 0 Å². The fraction of sp³-hybridized carbons (Fsp3) is 0.538. The van der Waals surface area contributed by atoms with Crippen LogP contribution in [0.3, 0.4) is 0 Å². The fourth-order valence-electron chi connectivity index (χ4n) is 0.545. The van der Waals surface area contributed by atoms with Gasteiger partial charge in [0.05, 0.1) is 0 Å². The van der Waals surface area contributed by atoms with Crippen molar-refractivity contribution in [2.24, 2.45) is 0 Å². The molecule has 0 atom stereocenters. The van der Waals surface area contributed by atoms with E-state index in [2.05, 4.69) is 51.3 Å². The minimum absolute atomic E-state index is 0.329. The highest BCUT2D eigenvalue weighted by Crippen LogP contribution is 2.26. The Labute approximate surface area is 154 Å². The summed E-state index contributed by atoms with van der Waals surface area (Å²) in [5.74, 6) is 0.329. The lowest BCUT2D eigenvalue weighted by molar-refractivity contribution is 0.361. The molecule has 0 saturated heterocycles. The summed E-state index contributed by atoms with van der Waals surface area (Å²) in [6.07, 6.45) is 2.50. The minimum atomic E-state index is -3.81. The van der Waals surface area contributed by atoms with Crippen molar-refractivity contribution in [3.8, 4) is 5.75 Å². The molecule has 7 N–H and O–H groups in total. The van der Waals surface area contributed by atoms with E-state index in [1.807, 2.05) is 19.1 Å². The van der Waals surface area contributed by atoms with Crippen molar-refractivity contribution in [3.63, 3.8) is 0 Å². The molecule has 0 aliphatic heterocycles. The number of rotatable bonds is 0. The lowest BCUT2D eigenvalue weighted by atomic mass is 10.2. The smallest absolute Gasteiger partial charge is 0.319 e. The van der Waals surface area contributed by atoms with Crippen LogP contribution in [0.2, 0.25) is 0 Å². The molecule has 0 radical (unpaired) electrons. The van der Waals surface area contributed by atoms with Gasteiger partial charge in [-0.2, -0.15) is 0 Å². The van der Waals surface area contributed by atoms with Crippen molar-refractivity contribution in [2.75, 3.05) is 0 Å². The lowest BCUT2D eigenvalue weighted by Gasteiger charge is -1.89. The number of benzene rings is 1. The van der Waals surface area contributed by atoms with E-state index in [1.165, 1.54) is 18.4 Å². The first-order chi connectivity index (χ1) is 10.6. The maximum absolute atomic E-state index is 8.76. The molecular formula is C13H30O7P2S2. The van der Waals surface area contributed by atoms with Crippen LogP contribution in [-0.2, 0) is 23.6 Å². The van der Waals surface area contributed by atoms with Gasteiger partial charge in [-0.15, -0.1) is 0 Å². The van der Waals surface area contributed by atoms with Crippen molar-refractivity contribution in [1.82, 2.24) is 0 Å². The molecule has 1 aromatic rings. The van der Waals surface area contributed by atoms with E-state index < -0.39 is 13.4 Å². The summed E-state index contributed by atoms with van der Waals surface area (Å²) < 4.78 is 0. The third kappa shape index (κ3) is 96.6. The largest absolute Gasteiger partial charge is 0.508 e. The van der Waals surface area contributed by atoms with Crippen LogP contribution in [0.4, 0.5) is 0 Å². The molecule has 1 rings (SSSR count). The molecular weight excluding hydrogens is 394 g/mol. The van der Waals surface area contributed by atoms with Crippen LogP contribution >= 0.6 is 13.4 Å². The van der Waals surface area contributed by atoms with Gasteiger partial charge in [-0.05, 0) is 42.7 Å². The van der Waals surface area contributed by atoms with Gasteiger partial charge < -0.3 is 34.5 Å². The number of hydrogen-bond acceptors (Lipinski definition) is 3. The Morgan fingerprint density at radius 1 is 0.708 bits per heavy atom. The second-order valence-electron chi connectivity index (χ2n) is 4.28. The fourth-order valence-corrected chi connectivity index (χ4v) is 0.545. The monoisotopic (exact) mass is 424 g/mol. The van der Waals surface area contributed by atoms with E-state index in [1.54, 1.807) is 12.1 Å². The van der Waals surface area contributed by atoms with Gasteiger partial charge in [-0.3, -0.25) is 0 Å². The molecule has 0 aromatic heterocycles. The zero-order valence-corrected chi connectivity index (χ0v) is 18.0. The Balaban J connectivity index is -0.000000111. The van der Waals surface area contributed by atoms with Gasteiger partial charge in [-0.1, -0.05) is 58.2 Å². The summed E-state index contributed by atoms with van der Waals surface area (Å²) in [7, 11) is 0. The summed E-state index contributed by atoms with van der Waals surface area (Å²) in [5.41, 5.74) is 1.17. The molecule has 0 saturated carbocycles. The van der Waals surface area contributed by atoms with Crippen LogP contribution in [0.5, 0.6) is 5.75 Å². The lowest BCUT2D eigenvalue weighted by Crippen LogP contribution is -1.66. The van der Waals surface area contributed by atoms with Crippen LogP contribution in [0, 0.1) is 6.92 Å². The molecule has 11 heteroatoms. The average molecular weight is 424 g/mol. The zero-order chi connectivity index (χ0) is 20.4. The van der Waals surface area contributed by atoms with Crippen molar-refractivity contribution in [1.29, 1.82) is 0 Å². The highest BCUT2D eigenvalue weighted by molar-refractivity contribution is 8.06. The Bertz CT molecular complexity index is 398. The Morgan fingerprint density at radius 2 is 0.875 bits per heavy atom. The minimum Gasteiger partial charge on any atom is -0.508 e. The van der Waals surface area contributed by atoms with E-state index in [0.29, 0.717) is 5.75 Å². The molecule has 0 bridgehead atoms. The second kappa shape index (κ2) is 19.4. The first-order valence-corrected chi connectivity index (χ1v) is 12.3. The first kappa shape index (κ1) is 31.8. The van der Waals surface area contributed by atoms with Crippen molar-refractivity contribution in [2.45, 2.75) is 47.5 Å². The highest BCUT2D eigenvalue weighted by Gasteiger charge is 1.92. The van der Waals surface area contributed by atoms with Crippen LogP contribution in [0.25, 0.3) is 0 Å². The zero-order valence-electron chi connectivity index (χ0n) is 14.6. The van der Waals surface area contributed by atoms with Gasteiger partial charge in [0.1, 0.15) is 5.75 Å². The Kier molecular flexibility index (Phi) is 25.7. The summed E-state index contributed by atoms with van der Waals surface area (Å²) >= 11 is 7.21. The second-order valence-corrected chi connectivity index (χ2v) is 9.27. The van der Waals surface area contributed by atoms with E-state index in [0.717, 1.165) is 0 Å². The Hall–Kier alpha value is 0.0800. The summed E-state index contributed by atoms with van der Waals surface area (Å²) in [6, 6.07) is 7.09.